The van der Waals surface area contributed by atoms with Gasteiger partial charge < -0.3 is 0 Å². The first-order chi connectivity index (χ1) is 10.1. The van der Waals surface area contributed by atoms with Gasteiger partial charge in [-0.3, -0.25) is 11.3 Å². The van der Waals surface area contributed by atoms with Gasteiger partial charge in [-0.25, -0.2) is 4.39 Å². The van der Waals surface area contributed by atoms with E-state index in [1.807, 2.05) is 24.3 Å². The van der Waals surface area contributed by atoms with Crippen molar-refractivity contribution in [1.29, 1.82) is 0 Å². The van der Waals surface area contributed by atoms with Gasteiger partial charge in [-0.05, 0) is 48.4 Å². The van der Waals surface area contributed by atoms with Gasteiger partial charge in [0.15, 0.2) is 0 Å². The van der Waals surface area contributed by atoms with E-state index in [1.54, 1.807) is 23.9 Å². The highest BCUT2D eigenvalue weighted by Gasteiger charge is 2.12. The smallest absolute Gasteiger partial charge is 0.126 e. The molecule has 2 nitrogen and oxygen atoms in total. The fourth-order valence-electron chi connectivity index (χ4n) is 1.88. The molecule has 2 aromatic carbocycles. The number of rotatable bonds is 6. The molecule has 6 heteroatoms. The summed E-state index contributed by atoms with van der Waals surface area (Å²) in [5.74, 6) is 6.05. The van der Waals surface area contributed by atoms with Crippen molar-refractivity contribution in [3.8, 4) is 0 Å². The Labute approximate surface area is 141 Å². The van der Waals surface area contributed by atoms with Crippen molar-refractivity contribution >= 4 is 39.3 Å². The van der Waals surface area contributed by atoms with E-state index in [0.29, 0.717) is 17.0 Å². The zero-order valence-electron chi connectivity index (χ0n) is 11.2. The molecule has 1 unspecified atom stereocenters. The highest BCUT2D eigenvalue weighted by molar-refractivity contribution is 9.10. The van der Waals surface area contributed by atoms with Crippen LogP contribution in [-0.4, -0.2) is 11.8 Å². The van der Waals surface area contributed by atoms with E-state index in [2.05, 4.69) is 21.4 Å². The van der Waals surface area contributed by atoms with Crippen molar-refractivity contribution in [3.63, 3.8) is 0 Å². The summed E-state index contributed by atoms with van der Waals surface area (Å²) in [5.41, 5.74) is 3.31. The molecule has 0 aromatic heterocycles. The first-order valence-electron chi connectivity index (χ1n) is 6.37. The summed E-state index contributed by atoms with van der Waals surface area (Å²) in [6.45, 7) is 0. The van der Waals surface area contributed by atoms with E-state index in [4.69, 9.17) is 17.4 Å². The van der Waals surface area contributed by atoms with Crippen molar-refractivity contribution in [2.24, 2.45) is 5.84 Å². The minimum absolute atomic E-state index is 0.0399. The maximum absolute atomic E-state index is 13.7. The van der Waals surface area contributed by atoms with Crippen LogP contribution in [-0.2, 0) is 6.42 Å². The van der Waals surface area contributed by atoms with Gasteiger partial charge in [0.25, 0.3) is 0 Å². The Morgan fingerprint density at radius 1 is 1.29 bits per heavy atom. The van der Waals surface area contributed by atoms with Crippen molar-refractivity contribution in [3.05, 3.63) is 63.3 Å². The molecular formula is C15H15BrClFN2S. The quantitative estimate of drug-likeness (QED) is 0.437. The molecule has 0 saturated carbocycles. The Kier molecular flexibility index (Phi) is 6.51. The Hall–Kier alpha value is -0.590. The molecule has 0 aliphatic rings. The number of hydrazine groups is 1. The zero-order valence-corrected chi connectivity index (χ0v) is 14.3. The summed E-state index contributed by atoms with van der Waals surface area (Å²) < 4.78 is 14.8. The second-order valence-electron chi connectivity index (χ2n) is 4.57. The Bertz CT molecular complexity index is 612. The molecule has 1 atom stereocenters. The lowest BCUT2D eigenvalue weighted by molar-refractivity contribution is 0.546. The van der Waals surface area contributed by atoms with Gasteiger partial charge in [-0.15, -0.1) is 11.8 Å². The zero-order chi connectivity index (χ0) is 15.2. The second-order valence-corrected chi connectivity index (χ2v) is 7.02. The molecule has 0 aliphatic heterocycles. The molecule has 0 amide bonds. The maximum atomic E-state index is 13.7. The largest absolute Gasteiger partial charge is 0.271 e. The highest BCUT2D eigenvalue weighted by Crippen LogP contribution is 2.24. The minimum Gasteiger partial charge on any atom is -0.271 e. The molecule has 0 heterocycles. The summed E-state index contributed by atoms with van der Waals surface area (Å²) in [5, 5.41) is 0.529. The van der Waals surface area contributed by atoms with Crippen molar-refractivity contribution in [1.82, 2.24) is 5.43 Å². The van der Waals surface area contributed by atoms with E-state index in [-0.39, 0.29) is 11.9 Å². The summed E-state index contributed by atoms with van der Waals surface area (Å²) >= 11 is 11.0. The first kappa shape index (κ1) is 16.8. The van der Waals surface area contributed by atoms with Gasteiger partial charge in [-0.2, -0.15) is 0 Å². The van der Waals surface area contributed by atoms with Crippen LogP contribution in [0.25, 0.3) is 0 Å². The van der Waals surface area contributed by atoms with Gasteiger partial charge in [0, 0.05) is 26.2 Å². The fourth-order valence-corrected chi connectivity index (χ4v) is 3.62. The maximum Gasteiger partial charge on any atom is 0.126 e. The summed E-state index contributed by atoms with van der Waals surface area (Å²) in [7, 11) is 0. The van der Waals surface area contributed by atoms with Crippen LogP contribution in [0, 0.1) is 5.82 Å². The first-order valence-corrected chi connectivity index (χ1v) is 8.52. The Morgan fingerprint density at radius 3 is 2.81 bits per heavy atom. The molecule has 2 rings (SSSR count). The monoisotopic (exact) mass is 388 g/mol. The van der Waals surface area contributed by atoms with Crippen LogP contribution >= 0.6 is 39.3 Å². The lowest BCUT2D eigenvalue weighted by atomic mass is 10.1. The topological polar surface area (TPSA) is 38.0 Å². The number of thioether (sulfide) groups is 1. The van der Waals surface area contributed by atoms with Crippen molar-refractivity contribution < 1.29 is 4.39 Å². The van der Waals surface area contributed by atoms with Crippen LogP contribution in [0.1, 0.15) is 5.56 Å². The number of nitrogens with two attached hydrogens (primary N) is 1. The molecule has 0 saturated heterocycles. The molecule has 0 bridgehead atoms. The number of nitrogens with one attached hydrogen (secondary N) is 1. The van der Waals surface area contributed by atoms with Crippen LogP contribution < -0.4 is 11.3 Å². The number of hydrogen-bond acceptors (Lipinski definition) is 3. The highest BCUT2D eigenvalue weighted by atomic mass is 79.9. The average Bonchev–Trinajstić information content (AvgIpc) is 2.47. The van der Waals surface area contributed by atoms with Gasteiger partial charge in [-0.1, -0.05) is 33.6 Å². The van der Waals surface area contributed by atoms with Crippen LogP contribution in [0.2, 0.25) is 5.02 Å². The number of hydrogen-bond donors (Lipinski definition) is 2. The second kappa shape index (κ2) is 8.15. The molecule has 112 valence electrons. The van der Waals surface area contributed by atoms with E-state index >= 15 is 0 Å². The Balaban J connectivity index is 1.98. The minimum atomic E-state index is -0.257. The average molecular weight is 390 g/mol. The van der Waals surface area contributed by atoms with Crippen LogP contribution in [0.3, 0.4) is 0 Å². The number of benzene rings is 2. The van der Waals surface area contributed by atoms with E-state index in [9.17, 15) is 4.39 Å². The van der Waals surface area contributed by atoms with Crippen molar-refractivity contribution in [2.75, 3.05) is 5.75 Å². The molecule has 21 heavy (non-hydrogen) atoms. The van der Waals surface area contributed by atoms with E-state index < -0.39 is 0 Å². The van der Waals surface area contributed by atoms with E-state index in [0.717, 1.165) is 15.1 Å². The van der Waals surface area contributed by atoms with Crippen LogP contribution in [0.4, 0.5) is 4.39 Å². The molecular weight excluding hydrogens is 375 g/mol. The van der Waals surface area contributed by atoms with Gasteiger partial charge in [0.2, 0.25) is 0 Å². The lowest BCUT2D eigenvalue weighted by Gasteiger charge is -2.16. The number of halogens is 3. The predicted molar refractivity (Wildman–Crippen MR) is 91.1 cm³/mol. The predicted octanol–water partition coefficient (Wildman–Crippen LogP) is 4.41. The molecule has 0 fully saturated rings. The molecule has 2 aromatic rings. The van der Waals surface area contributed by atoms with E-state index in [1.165, 1.54) is 6.07 Å². The third kappa shape index (κ3) is 5.27. The van der Waals surface area contributed by atoms with Gasteiger partial charge in [0.1, 0.15) is 5.82 Å². The lowest BCUT2D eigenvalue weighted by Crippen LogP contribution is -2.38. The normalized spacial score (nSPS) is 12.4. The molecule has 0 radical (unpaired) electrons. The molecule has 0 aliphatic carbocycles. The van der Waals surface area contributed by atoms with Gasteiger partial charge in [0.05, 0.1) is 0 Å². The third-order valence-corrected chi connectivity index (χ3v) is 4.84. The SMILES string of the molecule is NNC(CSc1cccc(Br)c1)Cc1cc(Cl)ccc1F. The van der Waals surface area contributed by atoms with Gasteiger partial charge >= 0.3 is 0 Å². The summed E-state index contributed by atoms with van der Waals surface area (Å²) in [6.07, 6.45) is 0.490. The third-order valence-electron chi connectivity index (χ3n) is 2.96. The summed E-state index contributed by atoms with van der Waals surface area (Å²) in [6, 6.07) is 12.6. The summed E-state index contributed by atoms with van der Waals surface area (Å²) in [4.78, 5) is 1.14. The molecule has 3 N–H and O–H groups in total. The molecule has 0 spiro atoms. The fraction of sp³-hybridized carbons (Fsp3) is 0.200. The van der Waals surface area contributed by atoms with Crippen LogP contribution in [0.5, 0.6) is 0 Å². The standard InChI is InChI=1S/C15H15BrClFN2S/c16-11-2-1-3-14(8-11)21-9-13(20-19)7-10-6-12(17)4-5-15(10)18/h1-6,8,13,20H,7,9,19H2. The van der Waals surface area contributed by atoms with Crippen LogP contribution in [0.15, 0.2) is 51.8 Å². The van der Waals surface area contributed by atoms with Crippen molar-refractivity contribution in [2.45, 2.75) is 17.4 Å². The Morgan fingerprint density at radius 2 is 2.10 bits per heavy atom.